The van der Waals surface area contributed by atoms with Gasteiger partial charge >= 0.3 is 0 Å². The highest BCUT2D eigenvalue weighted by Crippen LogP contribution is 2.38. The van der Waals surface area contributed by atoms with Crippen LogP contribution in [-0.2, 0) is 0 Å². The lowest BCUT2D eigenvalue weighted by Gasteiger charge is -2.39. The van der Waals surface area contributed by atoms with Crippen LogP contribution in [0.25, 0.3) is 0 Å². The van der Waals surface area contributed by atoms with E-state index in [0.717, 1.165) is 12.6 Å². The van der Waals surface area contributed by atoms with Crippen LogP contribution in [0.2, 0.25) is 0 Å². The lowest BCUT2D eigenvalue weighted by atomic mass is 9.75. The first-order valence-corrected chi connectivity index (χ1v) is 6.46. The minimum Gasteiger partial charge on any atom is -0.396 e. The van der Waals surface area contributed by atoms with E-state index in [0.29, 0.717) is 17.9 Å². The van der Waals surface area contributed by atoms with Crippen LogP contribution >= 0.6 is 0 Å². The Bertz CT molecular complexity index is 215. The van der Waals surface area contributed by atoms with Gasteiger partial charge in [0.2, 0.25) is 0 Å². The first-order valence-electron chi connectivity index (χ1n) is 6.46. The van der Waals surface area contributed by atoms with E-state index in [1.165, 1.54) is 38.6 Å². The molecular formula is C13H25NO. The Balaban J connectivity index is 1.88. The number of hydrogen-bond donors (Lipinski definition) is 1. The van der Waals surface area contributed by atoms with E-state index in [1.54, 1.807) is 0 Å². The molecule has 0 aromatic carbocycles. The first kappa shape index (κ1) is 11.4. The molecule has 0 spiro atoms. The third kappa shape index (κ3) is 2.73. The molecule has 2 nitrogen and oxygen atoms in total. The molecule has 0 amide bonds. The molecule has 1 aliphatic heterocycles. The topological polar surface area (TPSA) is 23.5 Å². The monoisotopic (exact) mass is 211 g/mol. The van der Waals surface area contributed by atoms with Gasteiger partial charge in [0.1, 0.15) is 0 Å². The highest BCUT2D eigenvalue weighted by molar-refractivity contribution is 4.88. The van der Waals surface area contributed by atoms with Gasteiger partial charge in [0.05, 0.1) is 0 Å². The van der Waals surface area contributed by atoms with Gasteiger partial charge in [-0.3, -0.25) is 4.90 Å². The van der Waals surface area contributed by atoms with Crippen molar-refractivity contribution < 1.29 is 5.11 Å². The van der Waals surface area contributed by atoms with E-state index < -0.39 is 0 Å². The fourth-order valence-corrected chi connectivity index (χ4v) is 3.31. The van der Waals surface area contributed by atoms with Crippen LogP contribution in [0.15, 0.2) is 0 Å². The average Bonchev–Trinajstić information content (AvgIpc) is 2.64. The van der Waals surface area contributed by atoms with Gasteiger partial charge in [-0.15, -0.1) is 0 Å². The molecule has 2 fully saturated rings. The van der Waals surface area contributed by atoms with Crippen molar-refractivity contribution in [1.82, 2.24) is 4.90 Å². The molecule has 2 aliphatic rings. The second-order valence-electron chi connectivity index (χ2n) is 6.25. The van der Waals surface area contributed by atoms with Crippen molar-refractivity contribution in [3.63, 3.8) is 0 Å². The summed E-state index contributed by atoms with van der Waals surface area (Å²) in [6.45, 7) is 7.54. The van der Waals surface area contributed by atoms with Crippen molar-refractivity contribution in [3.8, 4) is 0 Å². The Morgan fingerprint density at radius 2 is 2.13 bits per heavy atom. The largest absolute Gasteiger partial charge is 0.396 e. The number of likely N-dealkylation sites (tertiary alicyclic amines) is 1. The van der Waals surface area contributed by atoms with Crippen LogP contribution in [-0.4, -0.2) is 35.7 Å². The van der Waals surface area contributed by atoms with Crippen molar-refractivity contribution >= 4 is 0 Å². The highest BCUT2D eigenvalue weighted by Gasteiger charge is 2.34. The van der Waals surface area contributed by atoms with Gasteiger partial charge in [0, 0.05) is 19.2 Å². The Hall–Kier alpha value is -0.0800. The van der Waals surface area contributed by atoms with E-state index >= 15 is 0 Å². The third-order valence-electron chi connectivity index (χ3n) is 4.27. The average molecular weight is 211 g/mol. The molecule has 1 aliphatic carbocycles. The van der Waals surface area contributed by atoms with Gasteiger partial charge in [-0.2, -0.15) is 0 Å². The number of nitrogens with zero attached hydrogens (tertiary/aromatic N) is 1. The molecule has 0 aromatic rings. The molecule has 0 aromatic heterocycles. The van der Waals surface area contributed by atoms with Gasteiger partial charge in [0.25, 0.3) is 0 Å². The Morgan fingerprint density at radius 1 is 1.33 bits per heavy atom. The maximum atomic E-state index is 9.16. The van der Waals surface area contributed by atoms with Crippen LogP contribution < -0.4 is 0 Å². The lowest BCUT2D eigenvalue weighted by molar-refractivity contribution is 0.106. The Morgan fingerprint density at radius 3 is 2.73 bits per heavy atom. The van der Waals surface area contributed by atoms with Crippen molar-refractivity contribution in [1.29, 1.82) is 0 Å². The van der Waals surface area contributed by atoms with Crippen LogP contribution in [0.4, 0.5) is 0 Å². The summed E-state index contributed by atoms with van der Waals surface area (Å²) in [7, 11) is 0. The summed E-state index contributed by atoms with van der Waals surface area (Å²) in [6.07, 6.45) is 6.71. The molecule has 1 N–H and O–H groups in total. The fraction of sp³-hybridized carbons (Fsp3) is 1.00. The predicted molar refractivity (Wildman–Crippen MR) is 62.8 cm³/mol. The van der Waals surface area contributed by atoms with E-state index in [9.17, 15) is 0 Å². The summed E-state index contributed by atoms with van der Waals surface area (Å²) < 4.78 is 0. The van der Waals surface area contributed by atoms with Gasteiger partial charge in [-0.1, -0.05) is 20.3 Å². The van der Waals surface area contributed by atoms with Crippen molar-refractivity contribution in [3.05, 3.63) is 0 Å². The van der Waals surface area contributed by atoms with E-state index in [1.807, 2.05) is 0 Å². The van der Waals surface area contributed by atoms with Gasteiger partial charge < -0.3 is 5.11 Å². The Labute approximate surface area is 93.7 Å². The molecule has 15 heavy (non-hydrogen) atoms. The molecule has 2 heteroatoms. The molecule has 0 radical (unpaired) electrons. The molecule has 1 saturated carbocycles. The smallest absolute Gasteiger partial charge is 0.0471 e. The second kappa shape index (κ2) is 4.42. The van der Waals surface area contributed by atoms with E-state index in [4.69, 9.17) is 5.11 Å². The fourth-order valence-electron chi connectivity index (χ4n) is 3.31. The van der Waals surface area contributed by atoms with Gasteiger partial charge in [0.15, 0.2) is 0 Å². The second-order valence-corrected chi connectivity index (χ2v) is 6.25. The van der Waals surface area contributed by atoms with Crippen molar-refractivity contribution in [2.24, 2.45) is 11.3 Å². The molecule has 1 heterocycles. The molecule has 1 saturated heterocycles. The van der Waals surface area contributed by atoms with E-state index in [2.05, 4.69) is 18.7 Å². The summed E-state index contributed by atoms with van der Waals surface area (Å²) in [5.41, 5.74) is 0.542. The summed E-state index contributed by atoms with van der Waals surface area (Å²) in [4.78, 5) is 2.63. The molecular weight excluding hydrogens is 186 g/mol. The molecule has 2 unspecified atom stereocenters. The van der Waals surface area contributed by atoms with Gasteiger partial charge in [-0.05, 0) is 43.6 Å². The lowest BCUT2D eigenvalue weighted by Crippen LogP contribution is -2.39. The van der Waals surface area contributed by atoms with Crippen LogP contribution in [0.3, 0.4) is 0 Å². The standard InChI is InChI=1S/C13H25NO/c1-13(2)6-3-4-12(8-13)14-7-5-11(9-14)10-15/h11-12,15H,3-10H2,1-2H3. The molecule has 0 bridgehead atoms. The molecule has 2 rings (SSSR count). The number of hydrogen-bond acceptors (Lipinski definition) is 2. The minimum absolute atomic E-state index is 0.382. The zero-order valence-corrected chi connectivity index (χ0v) is 10.2. The first-order chi connectivity index (χ1) is 7.11. The number of aliphatic hydroxyl groups is 1. The summed E-state index contributed by atoms with van der Waals surface area (Å²) >= 11 is 0. The normalized spacial score (nSPS) is 37.0. The summed E-state index contributed by atoms with van der Waals surface area (Å²) in [5, 5.41) is 9.16. The maximum absolute atomic E-state index is 9.16. The van der Waals surface area contributed by atoms with E-state index in [-0.39, 0.29) is 0 Å². The van der Waals surface area contributed by atoms with Crippen LogP contribution in [0.1, 0.15) is 46.0 Å². The van der Waals surface area contributed by atoms with Gasteiger partial charge in [-0.25, -0.2) is 0 Å². The maximum Gasteiger partial charge on any atom is 0.0471 e. The Kier molecular flexibility index (Phi) is 3.36. The minimum atomic E-state index is 0.382. The number of rotatable bonds is 2. The quantitative estimate of drug-likeness (QED) is 0.757. The van der Waals surface area contributed by atoms with Crippen molar-refractivity contribution in [2.45, 2.75) is 52.0 Å². The van der Waals surface area contributed by atoms with Crippen molar-refractivity contribution in [2.75, 3.05) is 19.7 Å². The highest BCUT2D eigenvalue weighted by atomic mass is 16.3. The summed E-state index contributed by atoms with van der Waals surface area (Å²) in [5.74, 6) is 0.551. The van der Waals surface area contributed by atoms with Crippen LogP contribution in [0.5, 0.6) is 0 Å². The number of aliphatic hydroxyl groups excluding tert-OH is 1. The zero-order valence-electron chi connectivity index (χ0n) is 10.2. The molecule has 2 atom stereocenters. The zero-order chi connectivity index (χ0) is 10.9. The third-order valence-corrected chi connectivity index (χ3v) is 4.27. The molecule has 88 valence electrons. The SMILES string of the molecule is CC1(C)CCCC(N2CCC(CO)C2)C1. The predicted octanol–water partition coefficient (Wildman–Crippen LogP) is 2.27. The summed E-state index contributed by atoms with van der Waals surface area (Å²) in [6, 6.07) is 0.797. The van der Waals surface area contributed by atoms with Crippen LogP contribution in [0, 0.1) is 11.3 Å².